The number of carbonyl (C=O) groups excluding carboxylic acids is 1. The van der Waals surface area contributed by atoms with Crippen LogP contribution in [-0.4, -0.2) is 56.0 Å². The summed E-state index contributed by atoms with van der Waals surface area (Å²) in [6, 6.07) is 1.55. The minimum atomic E-state index is -3.22. The maximum atomic E-state index is 12.4. The highest BCUT2D eigenvalue weighted by atomic mass is 35.5. The number of hydrogen-bond donors (Lipinski definition) is 0. The molecule has 0 N–H and O–H groups in total. The number of nitrogens with zero attached hydrogens (tertiary/aromatic N) is 2. The molecule has 112 valence electrons. The van der Waals surface area contributed by atoms with E-state index in [1.807, 2.05) is 0 Å². The summed E-state index contributed by atoms with van der Waals surface area (Å²) in [5.41, 5.74) is 0.384. The first-order valence-corrected chi connectivity index (χ1v) is 9.40. The van der Waals surface area contributed by atoms with E-state index in [2.05, 4.69) is 0 Å². The van der Waals surface area contributed by atoms with Crippen LogP contribution in [-0.2, 0) is 10.0 Å². The van der Waals surface area contributed by atoms with Gasteiger partial charge in [-0.2, -0.15) is 0 Å². The summed E-state index contributed by atoms with van der Waals surface area (Å²) in [5.74, 6) is -0.200. The van der Waals surface area contributed by atoms with E-state index >= 15 is 0 Å². The number of halogens is 2. The molecule has 5 nitrogen and oxygen atoms in total. The minimum absolute atomic E-state index is 0.200. The summed E-state index contributed by atoms with van der Waals surface area (Å²) in [4.78, 5) is 14.0. The van der Waals surface area contributed by atoms with Crippen molar-refractivity contribution in [1.82, 2.24) is 9.21 Å². The van der Waals surface area contributed by atoms with Crippen LogP contribution in [0.1, 0.15) is 16.8 Å². The third-order valence-electron chi connectivity index (χ3n) is 3.10. The summed E-state index contributed by atoms with van der Waals surface area (Å²) < 4.78 is 25.3. The van der Waals surface area contributed by atoms with Crippen LogP contribution in [0, 0.1) is 0 Å². The largest absolute Gasteiger partial charge is 0.337 e. The Labute approximate surface area is 132 Å². The maximum Gasteiger partial charge on any atom is 0.256 e. The summed E-state index contributed by atoms with van der Waals surface area (Å²) in [6.45, 7) is 1.60. The second kappa shape index (κ2) is 6.19. The molecule has 20 heavy (non-hydrogen) atoms. The smallest absolute Gasteiger partial charge is 0.256 e. The topological polar surface area (TPSA) is 57.7 Å². The predicted molar refractivity (Wildman–Crippen MR) is 81.3 cm³/mol. The fourth-order valence-corrected chi connectivity index (χ4v) is 4.41. The van der Waals surface area contributed by atoms with Gasteiger partial charge in [0.05, 0.1) is 16.2 Å². The highest BCUT2D eigenvalue weighted by molar-refractivity contribution is 7.88. The van der Waals surface area contributed by atoms with Gasteiger partial charge in [-0.1, -0.05) is 23.2 Å². The molecule has 0 unspecified atom stereocenters. The van der Waals surface area contributed by atoms with Crippen molar-refractivity contribution in [3.63, 3.8) is 0 Å². The van der Waals surface area contributed by atoms with Crippen LogP contribution >= 0.6 is 34.5 Å². The van der Waals surface area contributed by atoms with E-state index in [-0.39, 0.29) is 5.91 Å². The molecule has 2 rings (SSSR count). The lowest BCUT2D eigenvalue weighted by Crippen LogP contribution is -2.36. The van der Waals surface area contributed by atoms with Gasteiger partial charge >= 0.3 is 0 Å². The lowest BCUT2D eigenvalue weighted by atomic mass is 10.3. The average molecular weight is 357 g/mol. The molecular formula is C11H14Cl2N2O3S2. The maximum absolute atomic E-state index is 12.4. The van der Waals surface area contributed by atoms with Crippen molar-refractivity contribution in [2.75, 3.05) is 32.4 Å². The highest BCUT2D eigenvalue weighted by Gasteiger charge is 2.26. The van der Waals surface area contributed by atoms with Gasteiger partial charge < -0.3 is 4.90 Å². The molecule has 1 aromatic rings. The number of hydrogen-bond acceptors (Lipinski definition) is 4. The van der Waals surface area contributed by atoms with E-state index in [1.165, 1.54) is 10.6 Å². The van der Waals surface area contributed by atoms with Crippen molar-refractivity contribution in [1.29, 1.82) is 0 Å². The van der Waals surface area contributed by atoms with Crippen LogP contribution in [0.5, 0.6) is 0 Å². The van der Waals surface area contributed by atoms with Gasteiger partial charge in [0.1, 0.15) is 4.34 Å². The molecule has 0 atom stereocenters. The quantitative estimate of drug-likeness (QED) is 0.815. The normalized spacial score (nSPS) is 18.1. The fourth-order valence-electron chi connectivity index (χ4n) is 2.08. The number of carbonyl (C=O) groups is 1. The predicted octanol–water partition coefficient (Wildman–Crippen LogP) is 2.16. The van der Waals surface area contributed by atoms with Crippen molar-refractivity contribution in [3.8, 4) is 0 Å². The first-order chi connectivity index (χ1) is 9.29. The van der Waals surface area contributed by atoms with E-state index in [0.717, 1.165) is 11.3 Å². The van der Waals surface area contributed by atoms with Gasteiger partial charge in [-0.05, 0) is 12.5 Å². The van der Waals surface area contributed by atoms with Crippen molar-refractivity contribution in [2.45, 2.75) is 6.42 Å². The Hall–Kier alpha value is -0.340. The molecule has 9 heteroatoms. The molecule has 1 saturated heterocycles. The van der Waals surface area contributed by atoms with E-state index < -0.39 is 10.0 Å². The van der Waals surface area contributed by atoms with Crippen LogP contribution in [0.4, 0.5) is 0 Å². The van der Waals surface area contributed by atoms with Gasteiger partial charge in [-0.3, -0.25) is 4.79 Å². The first-order valence-electron chi connectivity index (χ1n) is 5.98. The molecule has 1 amide bonds. The van der Waals surface area contributed by atoms with Crippen LogP contribution in [0.25, 0.3) is 0 Å². The van der Waals surface area contributed by atoms with Gasteiger partial charge in [0.25, 0.3) is 5.91 Å². The Morgan fingerprint density at radius 2 is 1.95 bits per heavy atom. The third-order valence-corrected chi connectivity index (χ3v) is 5.89. The molecule has 1 aliphatic heterocycles. The van der Waals surface area contributed by atoms with E-state index in [4.69, 9.17) is 23.2 Å². The third kappa shape index (κ3) is 3.65. The molecule has 0 aliphatic carbocycles. The SMILES string of the molecule is CS(=O)(=O)N1CCCN(C(=O)c2cc(Cl)sc2Cl)CC1. The van der Waals surface area contributed by atoms with Crippen LogP contribution in [0.15, 0.2) is 6.07 Å². The lowest BCUT2D eigenvalue weighted by Gasteiger charge is -2.20. The van der Waals surface area contributed by atoms with Crippen molar-refractivity contribution < 1.29 is 13.2 Å². The fraction of sp³-hybridized carbons (Fsp3) is 0.545. The number of rotatable bonds is 2. The molecular weight excluding hydrogens is 343 g/mol. The monoisotopic (exact) mass is 356 g/mol. The molecule has 0 spiro atoms. The van der Waals surface area contributed by atoms with E-state index in [9.17, 15) is 13.2 Å². The summed E-state index contributed by atoms with van der Waals surface area (Å²) >= 11 is 13.0. The van der Waals surface area contributed by atoms with Gasteiger partial charge in [-0.25, -0.2) is 12.7 Å². The number of thiophene rings is 1. The van der Waals surface area contributed by atoms with E-state index in [1.54, 1.807) is 11.0 Å². The van der Waals surface area contributed by atoms with Gasteiger partial charge in [0, 0.05) is 26.2 Å². The van der Waals surface area contributed by atoms with Crippen molar-refractivity contribution in [2.24, 2.45) is 0 Å². The van der Waals surface area contributed by atoms with E-state index in [0.29, 0.717) is 46.8 Å². The summed E-state index contributed by atoms with van der Waals surface area (Å²) in [7, 11) is -3.22. The Bertz CT molecular complexity index is 615. The minimum Gasteiger partial charge on any atom is -0.337 e. The van der Waals surface area contributed by atoms with Crippen LogP contribution < -0.4 is 0 Å². The molecule has 1 fully saturated rings. The summed E-state index contributed by atoms with van der Waals surface area (Å²) in [5, 5.41) is 0. The standard InChI is InChI=1S/C11H14Cl2N2O3S2/c1-20(17,18)15-4-2-3-14(5-6-15)11(16)8-7-9(12)19-10(8)13/h7H,2-6H2,1H3. The molecule has 0 bridgehead atoms. The van der Waals surface area contributed by atoms with Gasteiger partial charge in [0.15, 0.2) is 0 Å². The van der Waals surface area contributed by atoms with Crippen LogP contribution in [0.2, 0.25) is 8.67 Å². The van der Waals surface area contributed by atoms with Crippen LogP contribution in [0.3, 0.4) is 0 Å². The second-order valence-corrected chi connectivity index (χ2v) is 8.81. The molecule has 2 heterocycles. The zero-order valence-corrected chi connectivity index (χ0v) is 13.9. The molecule has 0 radical (unpaired) electrons. The van der Waals surface area contributed by atoms with Gasteiger partial charge in [0.2, 0.25) is 10.0 Å². The number of amides is 1. The lowest BCUT2D eigenvalue weighted by molar-refractivity contribution is 0.0765. The average Bonchev–Trinajstić information content (AvgIpc) is 2.56. The molecule has 1 aliphatic rings. The molecule has 0 aromatic carbocycles. The zero-order chi connectivity index (χ0) is 14.9. The van der Waals surface area contributed by atoms with Gasteiger partial charge in [-0.15, -0.1) is 11.3 Å². The Morgan fingerprint density at radius 1 is 1.25 bits per heavy atom. The van der Waals surface area contributed by atoms with Crippen molar-refractivity contribution >= 4 is 50.5 Å². The summed E-state index contributed by atoms with van der Waals surface area (Å²) in [6.07, 6.45) is 1.79. The second-order valence-electron chi connectivity index (χ2n) is 4.55. The molecule has 0 saturated carbocycles. The zero-order valence-electron chi connectivity index (χ0n) is 10.8. The first kappa shape index (κ1) is 16.0. The Balaban J connectivity index is 2.11. The van der Waals surface area contributed by atoms with Crippen molar-refractivity contribution in [3.05, 3.63) is 20.3 Å². The Morgan fingerprint density at radius 3 is 2.50 bits per heavy atom. The molecule has 1 aromatic heterocycles. The highest BCUT2D eigenvalue weighted by Crippen LogP contribution is 2.32. The Kier molecular flexibility index (Phi) is 4.96. The number of sulfonamides is 1.